The van der Waals surface area contributed by atoms with Gasteiger partial charge in [-0.1, -0.05) is 41.9 Å². The quantitative estimate of drug-likeness (QED) is 0.685. The SMILES string of the molecule is O=c1cc(-c2ccccc2)c2cc(Cl)c(O)cc2o1. The van der Waals surface area contributed by atoms with Gasteiger partial charge in [-0.05, 0) is 17.2 Å². The third kappa shape index (κ3) is 2.09. The molecule has 3 aromatic rings. The van der Waals surface area contributed by atoms with Gasteiger partial charge in [0.1, 0.15) is 11.3 Å². The Hall–Kier alpha value is -2.26. The highest BCUT2D eigenvalue weighted by Crippen LogP contribution is 2.33. The first-order chi connectivity index (χ1) is 9.15. The van der Waals surface area contributed by atoms with E-state index >= 15 is 0 Å². The van der Waals surface area contributed by atoms with Crippen LogP contribution in [-0.2, 0) is 0 Å². The molecule has 0 aliphatic heterocycles. The molecule has 1 N–H and O–H groups in total. The topological polar surface area (TPSA) is 50.4 Å². The summed E-state index contributed by atoms with van der Waals surface area (Å²) in [5, 5.41) is 10.5. The van der Waals surface area contributed by atoms with E-state index in [1.807, 2.05) is 30.3 Å². The predicted octanol–water partition coefficient (Wildman–Crippen LogP) is 3.82. The van der Waals surface area contributed by atoms with Crippen LogP contribution < -0.4 is 5.63 Å². The second kappa shape index (κ2) is 4.44. The van der Waals surface area contributed by atoms with E-state index in [2.05, 4.69) is 0 Å². The number of rotatable bonds is 1. The number of phenolic OH excluding ortho intramolecular Hbond substituents is 1. The third-order valence-electron chi connectivity index (χ3n) is 2.90. The molecule has 94 valence electrons. The van der Waals surface area contributed by atoms with Crippen molar-refractivity contribution in [2.45, 2.75) is 0 Å². The van der Waals surface area contributed by atoms with Gasteiger partial charge in [0.05, 0.1) is 5.02 Å². The Labute approximate surface area is 113 Å². The number of phenols is 1. The minimum atomic E-state index is -0.465. The lowest BCUT2D eigenvalue weighted by Crippen LogP contribution is -1.98. The second-order valence-electron chi connectivity index (χ2n) is 4.14. The van der Waals surface area contributed by atoms with Crippen molar-refractivity contribution in [3.8, 4) is 16.9 Å². The van der Waals surface area contributed by atoms with Gasteiger partial charge in [-0.2, -0.15) is 0 Å². The molecule has 1 heterocycles. The van der Waals surface area contributed by atoms with E-state index in [4.69, 9.17) is 16.0 Å². The monoisotopic (exact) mass is 272 g/mol. The minimum absolute atomic E-state index is 0.109. The zero-order valence-corrected chi connectivity index (χ0v) is 10.5. The van der Waals surface area contributed by atoms with E-state index in [0.29, 0.717) is 11.0 Å². The summed E-state index contributed by atoms with van der Waals surface area (Å²) in [4.78, 5) is 11.6. The lowest BCUT2D eigenvalue weighted by atomic mass is 10.0. The van der Waals surface area contributed by atoms with Crippen LogP contribution in [-0.4, -0.2) is 5.11 Å². The van der Waals surface area contributed by atoms with Crippen LogP contribution in [0.1, 0.15) is 0 Å². The Morgan fingerprint density at radius 1 is 1.05 bits per heavy atom. The first-order valence-electron chi connectivity index (χ1n) is 5.67. The summed E-state index contributed by atoms with van der Waals surface area (Å²) in [5.41, 5.74) is 1.47. The lowest BCUT2D eigenvalue weighted by Gasteiger charge is -2.06. The fraction of sp³-hybridized carbons (Fsp3) is 0. The summed E-state index contributed by atoms with van der Waals surface area (Å²) in [7, 11) is 0. The van der Waals surface area contributed by atoms with Gasteiger partial charge in [0.25, 0.3) is 0 Å². The molecule has 0 radical (unpaired) electrons. The van der Waals surface area contributed by atoms with Crippen LogP contribution in [0, 0.1) is 0 Å². The molecule has 0 fully saturated rings. The number of hydrogen-bond donors (Lipinski definition) is 1. The minimum Gasteiger partial charge on any atom is -0.506 e. The van der Waals surface area contributed by atoms with Crippen molar-refractivity contribution in [2.75, 3.05) is 0 Å². The molecule has 0 bridgehead atoms. The molecule has 0 aliphatic rings. The van der Waals surface area contributed by atoms with Crippen LogP contribution in [0.5, 0.6) is 5.75 Å². The number of aromatic hydroxyl groups is 1. The highest BCUT2D eigenvalue weighted by Gasteiger charge is 2.10. The normalized spacial score (nSPS) is 10.8. The number of fused-ring (bicyclic) bond motifs is 1. The Balaban J connectivity index is 2.42. The number of benzene rings is 2. The molecule has 0 spiro atoms. The van der Waals surface area contributed by atoms with E-state index < -0.39 is 5.63 Å². The molecule has 0 aliphatic carbocycles. The Bertz CT molecular complexity index is 807. The Morgan fingerprint density at radius 2 is 1.79 bits per heavy atom. The van der Waals surface area contributed by atoms with Gasteiger partial charge < -0.3 is 9.52 Å². The van der Waals surface area contributed by atoms with E-state index in [-0.39, 0.29) is 10.8 Å². The number of halogens is 1. The van der Waals surface area contributed by atoms with Gasteiger partial charge in [0.2, 0.25) is 0 Å². The molecule has 19 heavy (non-hydrogen) atoms. The zero-order chi connectivity index (χ0) is 13.4. The van der Waals surface area contributed by atoms with Crippen LogP contribution in [0.2, 0.25) is 5.02 Å². The van der Waals surface area contributed by atoms with Gasteiger partial charge in [-0.3, -0.25) is 0 Å². The summed E-state index contributed by atoms with van der Waals surface area (Å²) in [6, 6.07) is 13.8. The molecule has 4 heteroatoms. The highest BCUT2D eigenvalue weighted by molar-refractivity contribution is 6.33. The molecule has 0 saturated heterocycles. The molecular formula is C15H9ClO3. The van der Waals surface area contributed by atoms with Crippen molar-refractivity contribution in [3.63, 3.8) is 0 Å². The van der Waals surface area contributed by atoms with Crippen LogP contribution >= 0.6 is 11.6 Å². The van der Waals surface area contributed by atoms with Crippen molar-refractivity contribution in [1.82, 2.24) is 0 Å². The van der Waals surface area contributed by atoms with E-state index in [1.165, 1.54) is 12.1 Å². The van der Waals surface area contributed by atoms with Crippen LogP contribution in [0.15, 0.2) is 57.7 Å². The fourth-order valence-electron chi connectivity index (χ4n) is 2.03. The smallest absolute Gasteiger partial charge is 0.336 e. The third-order valence-corrected chi connectivity index (χ3v) is 3.20. The first kappa shape index (κ1) is 11.8. The fourth-order valence-corrected chi connectivity index (χ4v) is 2.19. The van der Waals surface area contributed by atoms with E-state index in [0.717, 1.165) is 11.1 Å². The summed E-state index contributed by atoms with van der Waals surface area (Å²) < 4.78 is 5.09. The highest BCUT2D eigenvalue weighted by atomic mass is 35.5. The summed E-state index contributed by atoms with van der Waals surface area (Å²) in [5.74, 6) is -0.109. The molecule has 3 nitrogen and oxygen atoms in total. The molecular weight excluding hydrogens is 264 g/mol. The van der Waals surface area contributed by atoms with Crippen molar-refractivity contribution >= 4 is 22.6 Å². The van der Waals surface area contributed by atoms with Crippen LogP contribution in [0.3, 0.4) is 0 Å². The van der Waals surface area contributed by atoms with Crippen molar-refractivity contribution in [2.24, 2.45) is 0 Å². The first-order valence-corrected chi connectivity index (χ1v) is 6.05. The maximum atomic E-state index is 11.6. The molecule has 0 unspecified atom stereocenters. The molecule has 1 aromatic heterocycles. The standard InChI is InChI=1S/C15H9ClO3/c16-12-6-11-10(9-4-2-1-3-5-9)7-15(18)19-14(11)8-13(12)17/h1-8,17H. The maximum absolute atomic E-state index is 11.6. The average Bonchev–Trinajstić information content (AvgIpc) is 2.41. The van der Waals surface area contributed by atoms with Gasteiger partial charge in [-0.25, -0.2) is 4.79 Å². The second-order valence-corrected chi connectivity index (χ2v) is 4.55. The zero-order valence-electron chi connectivity index (χ0n) is 9.76. The van der Waals surface area contributed by atoms with Crippen molar-refractivity contribution < 1.29 is 9.52 Å². The average molecular weight is 273 g/mol. The lowest BCUT2D eigenvalue weighted by molar-refractivity contribution is 0.473. The maximum Gasteiger partial charge on any atom is 0.336 e. The molecule has 0 saturated carbocycles. The van der Waals surface area contributed by atoms with Crippen LogP contribution in [0.25, 0.3) is 22.1 Å². The van der Waals surface area contributed by atoms with Gasteiger partial charge in [0, 0.05) is 17.5 Å². The molecule has 2 aromatic carbocycles. The van der Waals surface area contributed by atoms with Gasteiger partial charge in [-0.15, -0.1) is 0 Å². The molecule has 0 atom stereocenters. The predicted molar refractivity (Wildman–Crippen MR) is 74.6 cm³/mol. The number of hydrogen-bond acceptors (Lipinski definition) is 3. The van der Waals surface area contributed by atoms with Crippen molar-refractivity contribution in [1.29, 1.82) is 0 Å². The summed E-state index contributed by atoms with van der Waals surface area (Å²) in [6.07, 6.45) is 0. The van der Waals surface area contributed by atoms with Crippen LogP contribution in [0.4, 0.5) is 0 Å². The summed E-state index contributed by atoms with van der Waals surface area (Å²) in [6.45, 7) is 0. The summed E-state index contributed by atoms with van der Waals surface area (Å²) >= 11 is 5.92. The van der Waals surface area contributed by atoms with E-state index in [1.54, 1.807) is 6.07 Å². The van der Waals surface area contributed by atoms with Gasteiger partial charge in [0.15, 0.2) is 0 Å². The largest absolute Gasteiger partial charge is 0.506 e. The Kier molecular flexibility index (Phi) is 2.76. The Morgan fingerprint density at radius 3 is 2.53 bits per heavy atom. The van der Waals surface area contributed by atoms with E-state index in [9.17, 15) is 9.90 Å². The van der Waals surface area contributed by atoms with Gasteiger partial charge >= 0.3 is 5.63 Å². The molecule has 0 amide bonds. The van der Waals surface area contributed by atoms with Crippen molar-refractivity contribution in [3.05, 3.63) is 64.0 Å². The molecule has 3 rings (SSSR count).